The lowest BCUT2D eigenvalue weighted by Crippen LogP contribution is -2.23. The molecule has 96 valence electrons. The van der Waals surface area contributed by atoms with Gasteiger partial charge in [-0.15, -0.1) is 0 Å². The molecule has 2 aromatic rings. The van der Waals surface area contributed by atoms with Crippen LogP contribution in [-0.4, -0.2) is 17.4 Å². The van der Waals surface area contributed by atoms with Crippen LogP contribution < -0.4 is 10.6 Å². The number of carbonyl (C=O) groups excluding carboxylic acids is 1. The number of hydrogen-bond donors (Lipinski definition) is 2. The zero-order valence-corrected chi connectivity index (χ0v) is 10.7. The van der Waals surface area contributed by atoms with Gasteiger partial charge in [-0.05, 0) is 30.7 Å². The normalized spacial score (nSPS) is 16.6. The number of para-hydroxylation sites is 1. The van der Waals surface area contributed by atoms with Gasteiger partial charge in [0, 0.05) is 18.4 Å². The maximum atomic E-state index is 12.4. The second kappa shape index (κ2) is 4.72. The number of pyridine rings is 1. The number of amides is 1. The monoisotopic (exact) mass is 253 g/mol. The Morgan fingerprint density at radius 3 is 3.00 bits per heavy atom. The van der Waals surface area contributed by atoms with Crippen LogP contribution in [-0.2, 0) is 4.79 Å². The van der Waals surface area contributed by atoms with Crippen molar-refractivity contribution in [3.8, 4) is 0 Å². The Morgan fingerprint density at radius 2 is 2.16 bits per heavy atom. The Hall–Kier alpha value is -2.36. The number of hydrogen-bond acceptors (Lipinski definition) is 3. The minimum Gasteiger partial charge on any atom is -0.384 e. The summed E-state index contributed by atoms with van der Waals surface area (Å²) in [6.07, 6.45) is 1.72. The standard InChI is InChI=1S/C15H15N3O/c1-10-13(7-4-8-16-10)18-15(19)12-9-17-14-6-3-2-5-11(12)14/h2-8,12,17H,9H2,1H3,(H,18,19). The molecule has 3 rings (SSSR count). The van der Waals surface area contributed by atoms with Crippen LogP contribution in [0.3, 0.4) is 0 Å². The largest absolute Gasteiger partial charge is 0.384 e. The fourth-order valence-corrected chi connectivity index (χ4v) is 2.35. The molecule has 1 atom stereocenters. The molecule has 0 saturated heterocycles. The first-order valence-electron chi connectivity index (χ1n) is 6.31. The number of nitrogens with zero attached hydrogens (tertiary/aromatic N) is 1. The van der Waals surface area contributed by atoms with Crippen molar-refractivity contribution in [3.05, 3.63) is 53.9 Å². The van der Waals surface area contributed by atoms with E-state index in [2.05, 4.69) is 15.6 Å². The number of anilines is 2. The molecule has 2 heterocycles. The minimum atomic E-state index is -0.143. The van der Waals surface area contributed by atoms with Crippen LogP contribution in [0, 0.1) is 6.92 Å². The highest BCUT2D eigenvalue weighted by atomic mass is 16.1. The Balaban J connectivity index is 1.81. The Labute approximate surface area is 111 Å². The fraction of sp³-hybridized carbons (Fsp3) is 0.200. The molecule has 0 spiro atoms. The molecule has 0 fully saturated rings. The number of aryl methyl sites for hydroxylation is 1. The molecule has 0 aliphatic carbocycles. The third kappa shape index (κ3) is 2.17. The number of carbonyl (C=O) groups is 1. The van der Waals surface area contributed by atoms with Crippen molar-refractivity contribution in [1.29, 1.82) is 0 Å². The van der Waals surface area contributed by atoms with Gasteiger partial charge < -0.3 is 10.6 Å². The molecule has 0 saturated carbocycles. The number of aromatic nitrogens is 1. The summed E-state index contributed by atoms with van der Waals surface area (Å²) in [5, 5.41) is 6.21. The summed E-state index contributed by atoms with van der Waals surface area (Å²) < 4.78 is 0. The summed E-state index contributed by atoms with van der Waals surface area (Å²) in [6, 6.07) is 11.6. The first kappa shape index (κ1) is 11.7. The predicted molar refractivity (Wildman–Crippen MR) is 75.3 cm³/mol. The van der Waals surface area contributed by atoms with Gasteiger partial charge in [-0.3, -0.25) is 9.78 Å². The van der Waals surface area contributed by atoms with E-state index >= 15 is 0 Å². The molecular formula is C15H15N3O. The van der Waals surface area contributed by atoms with Crippen molar-refractivity contribution in [1.82, 2.24) is 4.98 Å². The van der Waals surface area contributed by atoms with E-state index in [0.29, 0.717) is 6.54 Å². The van der Waals surface area contributed by atoms with Gasteiger partial charge >= 0.3 is 0 Å². The van der Waals surface area contributed by atoms with Gasteiger partial charge in [-0.25, -0.2) is 0 Å². The number of rotatable bonds is 2. The van der Waals surface area contributed by atoms with E-state index < -0.39 is 0 Å². The van der Waals surface area contributed by atoms with E-state index in [1.807, 2.05) is 43.3 Å². The van der Waals surface area contributed by atoms with Crippen LogP contribution in [0.4, 0.5) is 11.4 Å². The minimum absolute atomic E-state index is 0.00792. The van der Waals surface area contributed by atoms with E-state index in [-0.39, 0.29) is 11.8 Å². The van der Waals surface area contributed by atoms with Gasteiger partial charge in [0.15, 0.2) is 0 Å². The molecule has 1 aliphatic rings. The molecule has 1 aromatic carbocycles. The second-order valence-corrected chi connectivity index (χ2v) is 4.65. The number of fused-ring (bicyclic) bond motifs is 1. The second-order valence-electron chi connectivity index (χ2n) is 4.65. The Kier molecular flexibility index (Phi) is 2.91. The highest BCUT2D eigenvalue weighted by Crippen LogP contribution is 2.31. The first-order valence-corrected chi connectivity index (χ1v) is 6.31. The van der Waals surface area contributed by atoms with E-state index in [1.165, 1.54) is 0 Å². The Bertz CT molecular complexity index is 624. The molecular weight excluding hydrogens is 238 g/mol. The highest BCUT2D eigenvalue weighted by Gasteiger charge is 2.28. The van der Waals surface area contributed by atoms with Crippen molar-refractivity contribution in [3.63, 3.8) is 0 Å². The van der Waals surface area contributed by atoms with Gasteiger partial charge in [0.05, 0.1) is 17.3 Å². The molecule has 19 heavy (non-hydrogen) atoms. The van der Waals surface area contributed by atoms with Crippen molar-refractivity contribution in [2.75, 3.05) is 17.2 Å². The van der Waals surface area contributed by atoms with Crippen LogP contribution in [0.25, 0.3) is 0 Å². The summed E-state index contributed by atoms with van der Waals surface area (Å²) >= 11 is 0. The van der Waals surface area contributed by atoms with Gasteiger partial charge in [-0.2, -0.15) is 0 Å². The molecule has 1 amide bonds. The van der Waals surface area contributed by atoms with E-state index in [0.717, 1.165) is 22.6 Å². The quantitative estimate of drug-likeness (QED) is 0.864. The van der Waals surface area contributed by atoms with Crippen molar-refractivity contribution >= 4 is 17.3 Å². The van der Waals surface area contributed by atoms with E-state index in [9.17, 15) is 4.79 Å². The first-order chi connectivity index (χ1) is 9.25. The summed E-state index contributed by atoms with van der Waals surface area (Å²) in [4.78, 5) is 16.5. The van der Waals surface area contributed by atoms with Gasteiger partial charge in [0.25, 0.3) is 0 Å². The number of benzene rings is 1. The average Bonchev–Trinajstić information content (AvgIpc) is 2.85. The molecule has 1 unspecified atom stereocenters. The summed E-state index contributed by atoms with van der Waals surface area (Å²) in [5.41, 5.74) is 3.71. The lowest BCUT2D eigenvalue weighted by molar-refractivity contribution is -0.117. The van der Waals surface area contributed by atoms with Crippen LogP contribution in [0.1, 0.15) is 17.2 Å². The molecule has 1 aromatic heterocycles. The van der Waals surface area contributed by atoms with Gasteiger partial charge in [0.2, 0.25) is 5.91 Å². The maximum Gasteiger partial charge on any atom is 0.233 e. The van der Waals surface area contributed by atoms with E-state index in [4.69, 9.17) is 0 Å². The topological polar surface area (TPSA) is 54.0 Å². The maximum absolute atomic E-state index is 12.4. The van der Waals surface area contributed by atoms with E-state index in [1.54, 1.807) is 6.20 Å². The van der Waals surface area contributed by atoms with Crippen LogP contribution in [0.2, 0.25) is 0 Å². The SMILES string of the molecule is Cc1ncccc1NC(=O)C1CNc2ccccc21. The zero-order chi connectivity index (χ0) is 13.2. The number of nitrogens with one attached hydrogen (secondary N) is 2. The molecule has 4 heteroatoms. The average molecular weight is 253 g/mol. The molecule has 4 nitrogen and oxygen atoms in total. The summed E-state index contributed by atoms with van der Waals surface area (Å²) in [7, 11) is 0. The third-order valence-corrected chi connectivity index (χ3v) is 3.41. The summed E-state index contributed by atoms with van der Waals surface area (Å²) in [6.45, 7) is 2.53. The molecule has 2 N–H and O–H groups in total. The van der Waals surface area contributed by atoms with Crippen LogP contribution in [0.5, 0.6) is 0 Å². The van der Waals surface area contributed by atoms with Crippen molar-refractivity contribution in [2.45, 2.75) is 12.8 Å². The van der Waals surface area contributed by atoms with Crippen molar-refractivity contribution in [2.24, 2.45) is 0 Å². The summed E-state index contributed by atoms with van der Waals surface area (Å²) in [5.74, 6) is -0.135. The smallest absolute Gasteiger partial charge is 0.233 e. The fourth-order valence-electron chi connectivity index (χ4n) is 2.35. The highest BCUT2D eigenvalue weighted by molar-refractivity contribution is 5.98. The van der Waals surface area contributed by atoms with Gasteiger partial charge in [-0.1, -0.05) is 18.2 Å². The Morgan fingerprint density at radius 1 is 1.32 bits per heavy atom. The van der Waals surface area contributed by atoms with Crippen LogP contribution >= 0.6 is 0 Å². The lowest BCUT2D eigenvalue weighted by atomic mass is 10.0. The van der Waals surface area contributed by atoms with Crippen molar-refractivity contribution < 1.29 is 4.79 Å². The van der Waals surface area contributed by atoms with Crippen LogP contribution in [0.15, 0.2) is 42.6 Å². The van der Waals surface area contributed by atoms with Gasteiger partial charge in [0.1, 0.15) is 0 Å². The zero-order valence-electron chi connectivity index (χ0n) is 10.7. The molecule has 0 radical (unpaired) electrons. The molecule has 0 bridgehead atoms. The lowest BCUT2D eigenvalue weighted by Gasteiger charge is -2.12. The third-order valence-electron chi connectivity index (χ3n) is 3.41. The molecule has 1 aliphatic heterocycles. The predicted octanol–water partition coefficient (Wildman–Crippen LogP) is 2.54.